The smallest absolute Gasteiger partial charge is 0.0682 e. The largest absolute Gasteiger partial charge is 0.342 e. The summed E-state index contributed by atoms with van der Waals surface area (Å²) >= 11 is 6.61. The standard InChI is InChI=1S/C7H13NS2.C4H10.C3H8/c1-7(2)8(6-9)4-5-10-3;1-4(2)3;1-3-2/h6H,1,4-5H2,2-3H3;4H,1-3H3;3H2,1-2H3. The van der Waals surface area contributed by atoms with Gasteiger partial charge in [0, 0.05) is 18.0 Å². The van der Waals surface area contributed by atoms with Crippen LogP contribution in [0.25, 0.3) is 0 Å². The zero-order valence-electron chi connectivity index (χ0n) is 12.7. The highest BCUT2D eigenvalue weighted by atomic mass is 32.2. The first-order valence-electron chi connectivity index (χ1n) is 6.23. The van der Waals surface area contributed by atoms with Crippen LogP contribution in [0.5, 0.6) is 0 Å². The molecule has 0 unspecified atom stereocenters. The van der Waals surface area contributed by atoms with Gasteiger partial charge < -0.3 is 4.90 Å². The average molecular weight is 278 g/mol. The van der Waals surface area contributed by atoms with Crippen LogP contribution in [0.2, 0.25) is 0 Å². The Hall–Kier alpha value is -0.0200. The van der Waals surface area contributed by atoms with Crippen molar-refractivity contribution < 1.29 is 0 Å². The Morgan fingerprint density at radius 1 is 1.35 bits per heavy atom. The topological polar surface area (TPSA) is 3.24 Å². The molecule has 17 heavy (non-hydrogen) atoms. The monoisotopic (exact) mass is 277 g/mol. The van der Waals surface area contributed by atoms with Crippen LogP contribution >= 0.6 is 24.0 Å². The van der Waals surface area contributed by atoms with Gasteiger partial charge in [-0.25, -0.2) is 0 Å². The van der Waals surface area contributed by atoms with E-state index < -0.39 is 0 Å². The molecule has 0 radical (unpaired) electrons. The van der Waals surface area contributed by atoms with E-state index in [1.54, 1.807) is 5.49 Å². The summed E-state index contributed by atoms with van der Waals surface area (Å²) in [5.74, 6) is 1.93. The lowest BCUT2D eigenvalue weighted by molar-refractivity contribution is 0.574. The van der Waals surface area contributed by atoms with Crippen molar-refractivity contribution in [2.45, 2.75) is 48.0 Å². The van der Waals surface area contributed by atoms with Crippen molar-refractivity contribution in [1.82, 2.24) is 4.90 Å². The molecule has 0 aromatic carbocycles. The molecule has 0 rings (SSSR count). The Morgan fingerprint density at radius 2 is 1.71 bits per heavy atom. The third-order valence-corrected chi connectivity index (χ3v) is 2.00. The van der Waals surface area contributed by atoms with Crippen LogP contribution in [0, 0.1) is 5.92 Å². The molecular weight excluding hydrogens is 246 g/mol. The van der Waals surface area contributed by atoms with Crippen LogP contribution < -0.4 is 0 Å². The molecule has 0 amide bonds. The average Bonchev–Trinajstić information content (AvgIpc) is 2.18. The number of thiocarbonyl (C=S) groups is 1. The minimum absolute atomic E-state index is 0.833. The summed E-state index contributed by atoms with van der Waals surface area (Å²) in [7, 11) is 0. The Labute approximate surface area is 119 Å². The van der Waals surface area contributed by atoms with Crippen molar-refractivity contribution in [3.8, 4) is 0 Å². The molecule has 104 valence electrons. The first kappa shape index (κ1) is 22.2. The van der Waals surface area contributed by atoms with Crippen LogP contribution in [0.15, 0.2) is 12.3 Å². The summed E-state index contributed by atoms with van der Waals surface area (Å²) in [6, 6.07) is 0. The third-order valence-electron chi connectivity index (χ3n) is 1.15. The molecule has 1 nitrogen and oxygen atoms in total. The van der Waals surface area contributed by atoms with Gasteiger partial charge in [0.25, 0.3) is 0 Å². The minimum Gasteiger partial charge on any atom is -0.342 e. The SMILES string of the molecule is C=C(C)N(C=S)CCSC.CC(C)C.CCC. The van der Waals surface area contributed by atoms with Crippen molar-refractivity contribution in [2.75, 3.05) is 18.6 Å². The summed E-state index contributed by atoms with van der Waals surface area (Å²) in [4.78, 5) is 1.98. The van der Waals surface area contributed by atoms with Crippen LogP contribution in [0.3, 0.4) is 0 Å². The van der Waals surface area contributed by atoms with Gasteiger partial charge in [-0.15, -0.1) is 0 Å². The maximum absolute atomic E-state index is 4.79. The van der Waals surface area contributed by atoms with E-state index in [-0.39, 0.29) is 0 Å². The molecule has 3 heteroatoms. The highest BCUT2D eigenvalue weighted by Gasteiger charge is 1.96. The van der Waals surface area contributed by atoms with E-state index in [0.29, 0.717) is 0 Å². The highest BCUT2D eigenvalue weighted by Crippen LogP contribution is 2.00. The quantitative estimate of drug-likeness (QED) is 0.634. The van der Waals surface area contributed by atoms with E-state index in [2.05, 4.69) is 47.5 Å². The molecule has 0 atom stereocenters. The summed E-state index contributed by atoms with van der Waals surface area (Å²) < 4.78 is 0. The zero-order valence-corrected chi connectivity index (χ0v) is 14.4. The molecule has 0 fully saturated rings. The number of rotatable bonds is 5. The van der Waals surface area contributed by atoms with Gasteiger partial charge >= 0.3 is 0 Å². The minimum atomic E-state index is 0.833. The fourth-order valence-electron chi connectivity index (χ4n) is 0.523. The first-order chi connectivity index (χ1) is 7.87. The summed E-state index contributed by atoms with van der Waals surface area (Å²) in [6.07, 6.45) is 3.33. The highest BCUT2D eigenvalue weighted by molar-refractivity contribution is 7.98. The van der Waals surface area contributed by atoms with Gasteiger partial charge in [0.2, 0.25) is 0 Å². The van der Waals surface area contributed by atoms with E-state index in [4.69, 9.17) is 12.2 Å². The molecule has 0 aromatic heterocycles. The van der Waals surface area contributed by atoms with E-state index >= 15 is 0 Å². The van der Waals surface area contributed by atoms with Gasteiger partial charge in [0.05, 0.1) is 5.49 Å². The molecule has 0 saturated heterocycles. The fourth-order valence-corrected chi connectivity index (χ4v) is 1.19. The van der Waals surface area contributed by atoms with Crippen molar-refractivity contribution in [1.29, 1.82) is 0 Å². The van der Waals surface area contributed by atoms with Gasteiger partial charge in [0.15, 0.2) is 0 Å². The summed E-state index contributed by atoms with van der Waals surface area (Å²) in [5.41, 5.74) is 2.67. The first-order valence-corrected chi connectivity index (χ1v) is 8.10. The Kier molecular flexibility index (Phi) is 23.9. The predicted octanol–water partition coefficient (Wildman–Crippen LogP) is 5.22. The predicted molar refractivity (Wildman–Crippen MR) is 90.0 cm³/mol. The van der Waals surface area contributed by atoms with E-state index in [9.17, 15) is 0 Å². The maximum atomic E-state index is 4.79. The van der Waals surface area contributed by atoms with Gasteiger partial charge in [0.1, 0.15) is 0 Å². The van der Waals surface area contributed by atoms with E-state index in [0.717, 1.165) is 23.9 Å². The number of thioether (sulfide) groups is 1. The normalized spacial score (nSPS) is 8.47. The second-order valence-corrected chi connectivity index (χ2v) is 5.66. The molecule has 0 aliphatic rings. The Bertz CT molecular complexity index is 165. The number of hydrogen-bond donors (Lipinski definition) is 0. The van der Waals surface area contributed by atoms with Crippen LogP contribution in [-0.2, 0) is 0 Å². The van der Waals surface area contributed by atoms with Gasteiger partial charge in [-0.1, -0.05) is 59.8 Å². The van der Waals surface area contributed by atoms with Gasteiger partial charge in [-0.2, -0.15) is 11.8 Å². The Balaban J connectivity index is -0.000000232. The second-order valence-electron chi connectivity index (χ2n) is 4.47. The van der Waals surface area contributed by atoms with Gasteiger partial charge in [-0.05, 0) is 19.1 Å². The molecule has 0 spiro atoms. The molecule has 0 aromatic rings. The number of allylic oxidation sites excluding steroid dienone is 1. The summed E-state index contributed by atoms with van der Waals surface area (Å²) in [6.45, 7) is 17.5. The number of nitrogens with zero attached hydrogens (tertiary/aromatic N) is 1. The van der Waals surface area contributed by atoms with Crippen molar-refractivity contribution in [3.63, 3.8) is 0 Å². The van der Waals surface area contributed by atoms with Crippen LogP contribution in [-0.4, -0.2) is 28.9 Å². The van der Waals surface area contributed by atoms with E-state index in [1.807, 2.05) is 23.6 Å². The van der Waals surface area contributed by atoms with E-state index in [1.165, 1.54) is 6.42 Å². The molecule has 0 heterocycles. The van der Waals surface area contributed by atoms with Gasteiger partial charge in [-0.3, -0.25) is 0 Å². The molecular formula is C14H31NS2. The van der Waals surface area contributed by atoms with Crippen LogP contribution in [0.1, 0.15) is 48.0 Å². The van der Waals surface area contributed by atoms with Crippen LogP contribution in [0.4, 0.5) is 0 Å². The summed E-state index contributed by atoms with van der Waals surface area (Å²) in [5, 5.41) is 0. The maximum Gasteiger partial charge on any atom is 0.0682 e. The molecule has 0 N–H and O–H groups in total. The third kappa shape index (κ3) is 31.4. The lowest BCUT2D eigenvalue weighted by atomic mass is 10.3. The molecule has 0 aliphatic heterocycles. The lowest BCUT2D eigenvalue weighted by Gasteiger charge is -2.17. The molecule has 0 aliphatic carbocycles. The zero-order chi connectivity index (χ0) is 14.3. The second kappa shape index (κ2) is 18.3. The van der Waals surface area contributed by atoms with Crippen molar-refractivity contribution in [2.24, 2.45) is 5.92 Å². The Morgan fingerprint density at radius 3 is 1.88 bits per heavy atom. The molecule has 0 bridgehead atoms. The fraction of sp³-hybridized carbons (Fsp3) is 0.786. The number of hydrogen-bond acceptors (Lipinski definition) is 2. The molecule has 0 saturated carbocycles. The van der Waals surface area contributed by atoms with Crippen molar-refractivity contribution in [3.05, 3.63) is 12.3 Å². The lowest BCUT2D eigenvalue weighted by Crippen LogP contribution is -2.20. The van der Waals surface area contributed by atoms with Crippen molar-refractivity contribution >= 4 is 29.5 Å².